The van der Waals surface area contributed by atoms with Gasteiger partial charge in [-0.2, -0.15) is 0 Å². The van der Waals surface area contributed by atoms with Crippen LogP contribution in [-0.2, 0) is 5.60 Å². The fraction of sp³-hybridized carbons (Fsp3) is 0.0833. The first-order chi connectivity index (χ1) is 19.9. The molecule has 2 radical (unpaired) electrons. The van der Waals surface area contributed by atoms with E-state index in [1.807, 2.05) is 72.8 Å². The van der Waals surface area contributed by atoms with E-state index in [0.29, 0.717) is 5.46 Å². The molecule has 1 aromatic heterocycles. The summed E-state index contributed by atoms with van der Waals surface area (Å²) < 4.78 is 6.28. The molecule has 0 saturated carbocycles. The molecule has 6 aromatic rings. The molecule has 0 saturated heterocycles. The number of fused-ring (bicyclic) bond motifs is 3. The molecule has 0 spiro atoms. The number of hydrogen-bond acceptors (Lipinski definition) is 4. The average molecular weight is 530 g/mol. The van der Waals surface area contributed by atoms with Crippen LogP contribution in [0, 0.1) is 0 Å². The fourth-order valence-corrected chi connectivity index (χ4v) is 5.48. The number of aromatic nitrogens is 1. The van der Waals surface area contributed by atoms with Gasteiger partial charge >= 0.3 is 0 Å². The molecular weight excluding hydrogens is 503 g/mol. The Hall–Kier alpha value is -4.87. The summed E-state index contributed by atoms with van der Waals surface area (Å²) in [7, 11) is 6.02. The smallest absolute Gasteiger partial charge is 0.151 e. The minimum Gasteiger partial charge on any atom is -0.453 e. The Morgan fingerprint density at radius 1 is 0.683 bits per heavy atom. The minimum atomic E-state index is -0.918. The van der Waals surface area contributed by atoms with Crippen molar-refractivity contribution in [1.82, 2.24) is 4.98 Å². The molecule has 2 heterocycles. The maximum Gasteiger partial charge on any atom is 0.151 e. The van der Waals surface area contributed by atoms with Gasteiger partial charge < -0.3 is 14.7 Å². The number of para-hydroxylation sites is 5. The number of nitrogens with zero attached hydrogens (tertiary/aromatic N) is 2. The number of anilines is 3. The summed E-state index contributed by atoms with van der Waals surface area (Å²) in [5.41, 5.74) is 8.31. The predicted octanol–water partition coefficient (Wildman–Crippen LogP) is 8.17. The molecule has 0 unspecified atom stereocenters. The molecule has 5 aromatic carbocycles. The van der Waals surface area contributed by atoms with Gasteiger partial charge in [0.15, 0.2) is 11.5 Å². The SMILES string of the molecule is [B]c1ccc(-c2cc(-c3ccc(C(C)(C)O)cc3)c3cccc(N4c5ccccc5Oc5ccccc54)c3n2)cc1. The van der Waals surface area contributed by atoms with Crippen molar-refractivity contribution >= 4 is 41.3 Å². The highest BCUT2D eigenvalue weighted by molar-refractivity contribution is 6.32. The van der Waals surface area contributed by atoms with Crippen LogP contribution < -0.4 is 15.1 Å². The lowest BCUT2D eigenvalue weighted by atomic mass is 9.92. The van der Waals surface area contributed by atoms with Gasteiger partial charge in [0.05, 0.1) is 33.9 Å². The number of rotatable bonds is 4. The van der Waals surface area contributed by atoms with Crippen LogP contribution in [0.1, 0.15) is 19.4 Å². The summed E-state index contributed by atoms with van der Waals surface area (Å²) in [4.78, 5) is 7.51. The standard InChI is InChI=1S/C36H27BN2O2/c1-36(2,40)25-18-14-23(15-19-25)28-22-29(24-16-20-26(37)21-17-24)38-35-27(28)8-7-11-32(35)39-30-9-3-5-12-33(30)41-34-13-6-4-10-31(34)39/h3-22,40H,1-2H3. The average Bonchev–Trinajstić information content (AvgIpc) is 2.99. The molecule has 1 N–H and O–H groups in total. The topological polar surface area (TPSA) is 45.6 Å². The molecule has 0 atom stereocenters. The first kappa shape index (κ1) is 25.1. The molecule has 0 fully saturated rings. The Labute approximate surface area is 240 Å². The van der Waals surface area contributed by atoms with E-state index in [-0.39, 0.29) is 0 Å². The van der Waals surface area contributed by atoms with Gasteiger partial charge in [0.25, 0.3) is 0 Å². The zero-order valence-electron chi connectivity index (χ0n) is 22.9. The van der Waals surface area contributed by atoms with Gasteiger partial charge in [0, 0.05) is 10.9 Å². The van der Waals surface area contributed by atoms with Crippen LogP contribution in [-0.4, -0.2) is 17.9 Å². The second-order valence-corrected chi connectivity index (χ2v) is 10.9. The molecule has 1 aliphatic heterocycles. The first-order valence-corrected chi connectivity index (χ1v) is 13.7. The highest BCUT2D eigenvalue weighted by Crippen LogP contribution is 2.51. The normalized spacial score (nSPS) is 12.5. The summed E-state index contributed by atoms with van der Waals surface area (Å²) in [6.45, 7) is 3.60. The largest absolute Gasteiger partial charge is 0.453 e. The maximum absolute atomic E-state index is 10.5. The summed E-state index contributed by atoms with van der Waals surface area (Å²) in [6, 6.07) is 40.5. The first-order valence-electron chi connectivity index (χ1n) is 13.7. The number of benzene rings is 5. The van der Waals surface area contributed by atoms with E-state index >= 15 is 0 Å². The Kier molecular flexibility index (Phi) is 5.91. The third kappa shape index (κ3) is 4.45. The lowest BCUT2D eigenvalue weighted by Crippen LogP contribution is -2.16. The van der Waals surface area contributed by atoms with Gasteiger partial charge in [-0.15, -0.1) is 0 Å². The lowest BCUT2D eigenvalue weighted by Gasteiger charge is -2.33. The number of aliphatic hydroxyl groups is 1. The van der Waals surface area contributed by atoms with Crippen molar-refractivity contribution in [1.29, 1.82) is 0 Å². The second kappa shape index (κ2) is 9.65. The van der Waals surface area contributed by atoms with Crippen molar-refractivity contribution in [2.45, 2.75) is 19.4 Å². The molecule has 7 rings (SSSR count). The van der Waals surface area contributed by atoms with Gasteiger partial charge in [-0.25, -0.2) is 4.98 Å². The van der Waals surface area contributed by atoms with E-state index in [4.69, 9.17) is 17.6 Å². The van der Waals surface area contributed by atoms with Crippen LogP contribution in [0.15, 0.2) is 121 Å². The van der Waals surface area contributed by atoms with E-state index in [1.54, 1.807) is 13.8 Å². The Morgan fingerprint density at radius 2 is 1.27 bits per heavy atom. The van der Waals surface area contributed by atoms with Crippen LogP contribution in [0.5, 0.6) is 11.5 Å². The predicted molar refractivity (Wildman–Crippen MR) is 168 cm³/mol. The molecule has 0 amide bonds. The van der Waals surface area contributed by atoms with Gasteiger partial charge in [-0.1, -0.05) is 90.4 Å². The van der Waals surface area contributed by atoms with Crippen molar-refractivity contribution in [2.75, 3.05) is 4.90 Å². The maximum atomic E-state index is 10.5. The van der Waals surface area contributed by atoms with E-state index in [1.165, 1.54) is 0 Å². The highest BCUT2D eigenvalue weighted by atomic mass is 16.5. The third-order valence-electron chi connectivity index (χ3n) is 7.60. The van der Waals surface area contributed by atoms with E-state index in [0.717, 1.165) is 67.4 Å². The van der Waals surface area contributed by atoms with Gasteiger partial charge in [-0.05, 0) is 66.9 Å². The van der Waals surface area contributed by atoms with Crippen LogP contribution in [0.2, 0.25) is 0 Å². The molecule has 0 bridgehead atoms. The van der Waals surface area contributed by atoms with Crippen LogP contribution in [0.25, 0.3) is 33.3 Å². The molecular formula is C36H27BN2O2. The molecule has 196 valence electrons. The second-order valence-electron chi connectivity index (χ2n) is 10.9. The summed E-state index contributed by atoms with van der Waals surface area (Å²) in [5, 5.41) is 11.6. The zero-order chi connectivity index (χ0) is 28.1. The molecule has 1 aliphatic rings. The Bertz CT molecular complexity index is 1860. The van der Waals surface area contributed by atoms with Gasteiger partial charge in [-0.3, -0.25) is 0 Å². The van der Waals surface area contributed by atoms with Crippen molar-refractivity contribution in [3.8, 4) is 33.9 Å². The van der Waals surface area contributed by atoms with Crippen molar-refractivity contribution < 1.29 is 9.84 Å². The highest BCUT2D eigenvalue weighted by Gasteiger charge is 2.27. The van der Waals surface area contributed by atoms with Crippen LogP contribution in [0.3, 0.4) is 0 Å². The molecule has 4 nitrogen and oxygen atoms in total. The monoisotopic (exact) mass is 530 g/mol. The minimum absolute atomic E-state index is 0.708. The van der Waals surface area contributed by atoms with E-state index < -0.39 is 5.60 Å². The van der Waals surface area contributed by atoms with E-state index in [9.17, 15) is 5.11 Å². The number of pyridine rings is 1. The summed E-state index contributed by atoms with van der Waals surface area (Å²) >= 11 is 0. The lowest BCUT2D eigenvalue weighted by molar-refractivity contribution is 0.0786. The molecule has 41 heavy (non-hydrogen) atoms. The Morgan fingerprint density at radius 3 is 1.90 bits per heavy atom. The Balaban J connectivity index is 1.51. The van der Waals surface area contributed by atoms with Gasteiger partial charge in [0.2, 0.25) is 0 Å². The fourth-order valence-electron chi connectivity index (χ4n) is 5.48. The quantitative estimate of drug-likeness (QED) is 0.233. The van der Waals surface area contributed by atoms with Crippen LogP contribution in [0.4, 0.5) is 17.1 Å². The van der Waals surface area contributed by atoms with E-state index in [2.05, 4.69) is 53.4 Å². The molecule has 0 aliphatic carbocycles. The van der Waals surface area contributed by atoms with Crippen molar-refractivity contribution in [3.63, 3.8) is 0 Å². The molecule has 5 heteroatoms. The van der Waals surface area contributed by atoms with Crippen LogP contribution >= 0.6 is 0 Å². The van der Waals surface area contributed by atoms with Gasteiger partial charge in [0.1, 0.15) is 7.85 Å². The number of hydrogen-bond donors (Lipinski definition) is 1. The third-order valence-corrected chi connectivity index (χ3v) is 7.60. The van der Waals surface area contributed by atoms with Crippen molar-refractivity contribution in [2.24, 2.45) is 0 Å². The summed E-state index contributed by atoms with van der Waals surface area (Å²) in [5.74, 6) is 1.58. The number of ether oxygens (including phenoxy) is 1. The zero-order valence-corrected chi connectivity index (χ0v) is 22.9. The summed E-state index contributed by atoms with van der Waals surface area (Å²) in [6.07, 6.45) is 0. The van der Waals surface area contributed by atoms with Crippen molar-refractivity contribution in [3.05, 3.63) is 127 Å².